The highest BCUT2D eigenvalue weighted by Crippen LogP contribution is 2.36. The second-order valence-corrected chi connectivity index (χ2v) is 4.45. The summed E-state index contributed by atoms with van der Waals surface area (Å²) in [6, 6.07) is 1.78. The molecular weight excluding hydrogens is 134 g/mol. The Hall–Kier alpha value is -0.0400. The molecule has 0 bridgehead atoms. The Balaban J connectivity index is 1.62. The monoisotopic (exact) mass is 153 g/mol. The predicted octanol–water partition coefficient (Wildman–Crippen LogP) is 2.17. The molecule has 2 atom stereocenters. The molecule has 0 aromatic heterocycles. The van der Waals surface area contributed by atoms with E-state index in [9.17, 15) is 0 Å². The molecule has 0 heterocycles. The molecule has 2 unspecified atom stereocenters. The minimum atomic E-state index is 0.881. The van der Waals surface area contributed by atoms with Gasteiger partial charge in [-0.05, 0) is 31.1 Å². The molecule has 1 heteroatoms. The van der Waals surface area contributed by atoms with Crippen molar-refractivity contribution in [3.63, 3.8) is 0 Å². The van der Waals surface area contributed by atoms with Crippen molar-refractivity contribution in [2.75, 3.05) is 0 Å². The molecule has 0 spiro atoms. The summed E-state index contributed by atoms with van der Waals surface area (Å²) in [5.74, 6) is 2.01. The third kappa shape index (κ3) is 1.58. The molecule has 1 N–H and O–H groups in total. The van der Waals surface area contributed by atoms with Crippen molar-refractivity contribution < 1.29 is 0 Å². The molecule has 2 aliphatic carbocycles. The van der Waals surface area contributed by atoms with Gasteiger partial charge < -0.3 is 5.32 Å². The van der Waals surface area contributed by atoms with E-state index >= 15 is 0 Å². The zero-order valence-electron chi connectivity index (χ0n) is 7.64. The van der Waals surface area contributed by atoms with E-state index < -0.39 is 0 Å². The Bertz CT molecular complexity index is 138. The van der Waals surface area contributed by atoms with Crippen molar-refractivity contribution in [1.82, 2.24) is 5.32 Å². The van der Waals surface area contributed by atoms with Crippen molar-refractivity contribution in [1.29, 1.82) is 0 Å². The van der Waals surface area contributed by atoms with Gasteiger partial charge >= 0.3 is 0 Å². The van der Waals surface area contributed by atoms with Crippen LogP contribution in [0.1, 0.15) is 39.5 Å². The van der Waals surface area contributed by atoms with Gasteiger partial charge in [0.2, 0.25) is 0 Å². The van der Waals surface area contributed by atoms with E-state index in [1.165, 1.54) is 25.7 Å². The summed E-state index contributed by atoms with van der Waals surface area (Å²) in [6.45, 7) is 4.65. The number of hydrogen-bond donors (Lipinski definition) is 1. The average Bonchev–Trinajstić information content (AvgIpc) is 2.64. The predicted molar refractivity (Wildman–Crippen MR) is 47.5 cm³/mol. The Morgan fingerprint density at radius 1 is 1.27 bits per heavy atom. The molecule has 0 radical (unpaired) electrons. The van der Waals surface area contributed by atoms with E-state index in [4.69, 9.17) is 0 Å². The second-order valence-electron chi connectivity index (χ2n) is 4.45. The Labute approximate surface area is 69.6 Å². The largest absolute Gasteiger partial charge is 0.311 e. The van der Waals surface area contributed by atoms with Gasteiger partial charge in [0.1, 0.15) is 0 Å². The number of rotatable bonds is 3. The number of nitrogens with one attached hydrogen (secondary N) is 1. The standard InChI is InChI=1S/C10H19N/c1-3-8-6-10(8)11-9-4-7(2)5-9/h7-11H,3-6H2,1-2H3. The van der Waals surface area contributed by atoms with Gasteiger partial charge in [0.05, 0.1) is 0 Å². The van der Waals surface area contributed by atoms with Crippen LogP contribution in [-0.2, 0) is 0 Å². The van der Waals surface area contributed by atoms with Gasteiger partial charge in [-0.3, -0.25) is 0 Å². The van der Waals surface area contributed by atoms with Crippen LogP contribution in [0, 0.1) is 11.8 Å². The van der Waals surface area contributed by atoms with Crippen molar-refractivity contribution in [2.24, 2.45) is 11.8 Å². The molecule has 0 saturated heterocycles. The molecule has 2 rings (SSSR count). The molecular formula is C10H19N. The highest BCUT2D eigenvalue weighted by molar-refractivity contribution is 4.96. The highest BCUT2D eigenvalue weighted by atomic mass is 15.0. The van der Waals surface area contributed by atoms with E-state index in [0.717, 1.165) is 23.9 Å². The third-order valence-corrected chi connectivity index (χ3v) is 3.27. The summed E-state index contributed by atoms with van der Waals surface area (Å²) in [5, 5.41) is 3.72. The number of hydrogen-bond acceptors (Lipinski definition) is 1. The van der Waals surface area contributed by atoms with Crippen LogP contribution in [0.4, 0.5) is 0 Å². The SMILES string of the molecule is CCC1CC1NC1CC(C)C1. The fraction of sp³-hybridized carbons (Fsp3) is 1.00. The summed E-state index contributed by atoms with van der Waals surface area (Å²) in [6.07, 6.45) is 5.67. The van der Waals surface area contributed by atoms with Crippen LogP contribution in [0.5, 0.6) is 0 Å². The highest BCUT2D eigenvalue weighted by Gasteiger charge is 2.38. The maximum absolute atomic E-state index is 3.72. The summed E-state index contributed by atoms with van der Waals surface area (Å²) >= 11 is 0. The zero-order valence-corrected chi connectivity index (χ0v) is 7.64. The first-order chi connectivity index (χ1) is 5.29. The summed E-state index contributed by atoms with van der Waals surface area (Å²) in [5.41, 5.74) is 0. The summed E-state index contributed by atoms with van der Waals surface area (Å²) in [4.78, 5) is 0. The average molecular weight is 153 g/mol. The topological polar surface area (TPSA) is 12.0 Å². The van der Waals surface area contributed by atoms with E-state index in [1.54, 1.807) is 0 Å². The first kappa shape index (κ1) is 7.60. The molecule has 2 fully saturated rings. The lowest BCUT2D eigenvalue weighted by atomic mass is 9.82. The van der Waals surface area contributed by atoms with Gasteiger partial charge in [-0.15, -0.1) is 0 Å². The van der Waals surface area contributed by atoms with E-state index in [0.29, 0.717) is 0 Å². The normalized spacial score (nSPS) is 48.5. The quantitative estimate of drug-likeness (QED) is 0.655. The van der Waals surface area contributed by atoms with E-state index in [-0.39, 0.29) is 0 Å². The Morgan fingerprint density at radius 3 is 2.45 bits per heavy atom. The summed E-state index contributed by atoms with van der Waals surface area (Å²) in [7, 11) is 0. The Kier molecular flexibility index (Phi) is 1.92. The first-order valence-corrected chi connectivity index (χ1v) is 5.05. The zero-order chi connectivity index (χ0) is 7.84. The van der Waals surface area contributed by atoms with Crippen LogP contribution >= 0.6 is 0 Å². The van der Waals surface area contributed by atoms with E-state index in [1.807, 2.05) is 0 Å². The maximum Gasteiger partial charge on any atom is 0.0102 e. The van der Waals surface area contributed by atoms with Crippen molar-refractivity contribution >= 4 is 0 Å². The molecule has 0 aromatic rings. The fourth-order valence-corrected chi connectivity index (χ4v) is 2.24. The van der Waals surface area contributed by atoms with Crippen molar-refractivity contribution in [3.05, 3.63) is 0 Å². The molecule has 0 aliphatic heterocycles. The van der Waals surface area contributed by atoms with Crippen LogP contribution < -0.4 is 5.32 Å². The van der Waals surface area contributed by atoms with Gasteiger partial charge in [-0.25, -0.2) is 0 Å². The molecule has 0 amide bonds. The summed E-state index contributed by atoms with van der Waals surface area (Å²) < 4.78 is 0. The lowest BCUT2D eigenvalue weighted by Gasteiger charge is -2.33. The molecule has 0 aromatic carbocycles. The van der Waals surface area contributed by atoms with E-state index in [2.05, 4.69) is 19.2 Å². The lowest BCUT2D eigenvalue weighted by Crippen LogP contribution is -2.41. The smallest absolute Gasteiger partial charge is 0.0102 e. The van der Waals surface area contributed by atoms with Gasteiger partial charge in [0, 0.05) is 12.1 Å². The van der Waals surface area contributed by atoms with Crippen LogP contribution in [0.2, 0.25) is 0 Å². The second kappa shape index (κ2) is 2.78. The van der Waals surface area contributed by atoms with Gasteiger partial charge in [0.15, 0.2) is 0 Å². The van der Waals surface area contributed by atoms with Crippen molar-refractivity contribution in [3.8, 4) is 0 Å². The van der Waals surface area contributed by atoms with Gasteiger partial charge in [-0.1, -0.05) is 20.3 Å². The maximum atomic E-state index is 3.72. The Morgan fingerprint density at radius 2 is 2.00 bits per heavy atom. The van der Waals surface area contributed by atoms with Crippen LogP contribution in [-0.4, -0.2) is 12.1 Å². The van der Waals surface area contributed by atoms with Gasteiger partial charge in [0.25, 0.3) is 0 Å². The molecule has 1 nitrogen and oxygen atoms in total. The lowest BCUT2D eigenvalue weighted by molar-refractivity contribution is 0.237. The third-order valence-electron chi connectivity index (χ3n) is 3.27. The van der Waals surface area contributed by atoms with Crippen LogP contribution in [0.3, 0.4) is 0 Å². The minimum absolute atomic E-state index is 0.881. The molecule has 2 aliphatic rings. The molecule has 2 saturated carbocycles. The molecule has 11 heavy (non-hydrogen) atoms. The minimum Gasteiger partial charge on any atom is -0.311 e. The molecule has 64 valence electrons. The van der Waals surface area contributed by atoms with Crippen molar-refractivity contribution in [2.45, 2.75) is 51.6 Å². The fourth-order valence-electron chi connectivity index (χ4n) is 2.24. The first-order valence-electron chi connectivity index (χ1n) is 5.05. The van der Waals surface area contributed by atoms with Crippen LogP contribution in [0.15, 0.2) is 0 Å². The van der Waals surface area contributed by atoms with Crippen LogP contribution in [0.25, 0.3) is 0 Å². The van der Waals surface area contributed by atoms with Gasteiger partial charge in [-0.2, -0.15) is 0 Å².